The average molecular weight is 318 g/mol. The van der Waals surface area contributed by atoms with Crippen LogP contribution in [0.15, 0.2) is 48.5 Å². The number of rotatable bonds is 6. The third kappa shape index (κ3) is 4.50. The van der Waals surface area contributed by atoms with Crippen molar-refractivity contribution in [2.75, 3.05) is 6.61 Å². The highest BCUT2D eigenvalue weighted by molar-refractivity contribution is 6.30. The normalized spacial score (nSPS) is 11.8. The molecule has 0 aliphatic rings. The Kier molecular flexibility index (Phi) is 5.84. The summed E-state index contributed by atoms with van der Waals surface area (Å²) in [6.45, 7) is 4.00. The summed E-state index contributed by atoms with van der Waals surface area (Å²) in [7, 11) is 0. The maximum atomic E-state index is 12.0. The molecule has 0 spiro atoms. The fraction of sp³-hybridized carbons (Fsp3) is 0.278. The van der Waals surface area contributed by atoms with Crippen molar-refractivity contribution in [2.24, 2.45) is 0 Å². The van der Waals surface area contributed by atoms with E-state index < -0.39 is 0 Å². The first kappa shape index (κ1) is 16.4. The van der Waals surface area contributed by atoms with Gasteiger partial charge in [0.2, 0.25) is 0 Å². The monoisotopic (exact) mass is 317 g/mol. The van der Waals surface area contributed by atoms with Gasteiger partial charge in [-0.15, -0.1) is 0 Å². The van der Waals surface area contributed by atoms with Crippen LogP contribution in [0.5, 0.6) is 5.75 Å². The Balaban J connectivity index is 1.88. The van der Waals surface area contributed by atoms with Crippen LogP contribution in [0.25, 0.3) is 0 Å². The van der Waals surface area contributed by atoms with Gasteiger partial charge in [-0.2, -0.15) is 0 Å². The molecule has 0 radical (unpaired) electrons. The minimum Gasteiger partial charge on any atom is -0.483 e. The zero-order valence-electron chi connectivity index (χ0n) is 12.8. The summed E-state index contributed by atoms with van der Waals surface area (Å²) in [6.07, 6.45) is 0.874. The number of benzene rings is 2. The van der Waals surface area contributed by atoms with Gasteiger partial charge >= 0.3 is 0 Å². The van der Waals surface area contributed by atoms with E-state index in [1.54, 1.807) is 0 Å². The molecule has 0 bridgehead atoms. The number of ether oxygens (including phenoxy) is 1. The van der Waals surface area contributed by atoms with Gasteiger partial charge in [0.05, 0.1) is 6.04 Å². The van der Waals surface area contributed by atoms with Crippen LogP contribution in [0.3, 0.4) is 0 Å². The van der Waals surface area contributed by atoms with E-state index in [-0.39, 0.29) is 18.6 Å². The smallest absolute Gasteiger partial charge is 0.258 e. The molecule has 0 saturated carbocycles. The van der Waals surface area contributed by atoms with Gasteiger partial charge in [0.1, 0.15) is 5.75 Å². The van der Waals surface area contributed by atoms with Crippen LogP contribution in [0.1, 0.15) is 31.0 Å². The topological polar surface area (TPSA) is 38.3 Å². The van der Waals surface area contributed by atoms with E-state index in [0.717, 1.165) is 23.3 Å². The molecule has 0 heterocycles. The lowest BCUT2D eigenvalue weighted by Gasteiger charge is -2.15. The van der Waals surface area contributed by atoms with Crippen molar-refractivity contribution in [1.82, 2.24) is 5.32 Å². The van der Waals surface area contributed by atoms with Crippen LogP contribution < -0.4 is 10.1 Å². The fourth-order valence-corrected chi connectivity index (χ4v) is 2.32. The van der Waals surface area contributed by atoms with Gasteiger partial charge in [-0.1, -0.05) is 48.9 Å². The number of hydrogen-bond acceptors (Lipinski definition) is 2. The van der Waals surface area contributed by atoms with E-state index in [1.165, 1.54) is 0 Å². The third-order valence-electron chi connectivity index (χ3n) is 3.46. The molecule has 2 aromatic carbocycles. The van der Waals surface area contributed by atoms with E-state index in [9.17, 15) is 4.79 Å². The number of nitrogens with one attached hydrogen (secondary N) is 1. The Labute approximate surface area is 136 Å². The average Bonchev–Trinajstić information content (AvgIpc) is 2.53. The van der Waals surface area contributed by atoms with Crippen molar-refractivity contribution in [3.05, 3.63) is 64.7 Å². The molecular formula is C18H20ClNO2. The molecule has 2 aromatic rings. The highest BCUT2D eigenvalue weighted by atomic mass is 35.5. The molecule has 1 atom stereocenters. The van der Waals surface area contributed by atoms with Crippen molar-refractivity contribution in [3.63, 3.8) is 0 Å². The predicted molar refractivity (Wildman–Crippen MR) is 89.3 cm³/mol. The molecule has 3 nitrogen and oxygen atoms in total. The van der Waals surface area contributed by atoms with Gasteiger partial charge in [-0.05, 0) is 42.7 Å². The Morgan fingerprint density at radius 1 is 1.18 bits per heavy atom. The quantitative estimate of drug-likeness (QED) is 0.868. The second kappa shape index (κ2) is 7.85. The first-order valence-corrected chi connectivity index (χ1v) is 7.73. The molecule has 2 rings (SSSR count). The molecule has 22 heavy (non-hydrogen) atoms. The van der Waals surface area contributed by atoms with E-state index in [4.69, 9.17) is 16.3 Å². The Hall–Kier alpha value is -2.00. The molecule has 0 aliphatic carbocycles. The highest BCUT2D eigenvalue weighted by Gasteiger charge is 2.11. The summed E-state index contributed by atoms with van der Waals surface area (Å²) < 4.78 is 5.61. The van der Waals surface area contributed by atoms with Gasteiger partial charge in [0, 0.05) is 5.02 Å². The van der Waals surface area contributed by atoms with E-state index in [0.29, 0.717) is 5.02 Å². The Morgan fingerprint density at radius 2 is 1.86 bits per heavy atom. The van der Waals surface area contributed by atoms with Crippen LogP contribution in [-0.2, 0) is 11.2 Å². The molecule has 4 heteroatoms. The zero-order valence-corrected chi connectivity index (χ0v) is 13.6. The molecule has 1 N–H and O–H groups in total. The maximum absolute atomic E-state index is 12.0. The van der Waals surface area contributed by atoms with Crippen molar-refractivity contribution in [3.8, 4) is 5.75 Å². The summed E-state index contributed by atoms with van der Waals surface area (Å²) in [6, 6.07) is 15.1. The minimum atomic E-state index is -0.145. The van der Waals surface area contributed by atoms with Crippen LogP contribution in [0, 0.1) is 0 Å². The van der Waals surface area contributed by atoms with Gasteiger partial charge < -0.3 is 10.1 Å². The maximum Gasteiger partial charge on any atom is 0.258 e. The van der Waals surface area contributed by atoms with E-state index in [2.05, 4.69) is 12.2 Å². The van der Waals surface area contributed by atoms with Crippen LogP contribution in [-0.4, -0.2) is 12.5 Å². The SMILES string of the molecule is CCc1ccccc1OCC(=O)NC(C)c1ccc(Cl)cc1. The number of amides is 1. The van der Waals surface area contributed by atoms with Gasteiger partial charge in [-0.3, -0.25) is 4.79 Å². The molecule has 0 fully saturated rings. The van der Waals surface area contributed by atoms with Crippen molar-refractivity contribution in [2.45, 2.75) is 26.3 Å². The molecular weight excluding hydrogens is 298 g/mol. The van der Waals surface area contributed by atoms with Crippen LogP contribution in [0.2, 0.25) is 5.02 Å². The second-order valence-electron chi connectivity index (χ2n) is 5.09. The van der Waals surface area contributed by atoms with E-state index >= 15 is 0 Å². The summed E-state index contributed by atoms with van der Waals surface area (Å²) in [4.78, 5) is 12.0. The number of carbonyl (C=O) groups is 1. The summed E-state index contributed by atoms with van der Waals surface area (Å²) in [5.41, 5.74) is 2.10. The minimum absolute atomic E-state index is 0.00887. The van der Waals surface area contributed by atoms with Gasteiger partial charge in [-0.25, -0.2) is 0 Å². The van der Waals surface area contributed by atoms with Crippen molar-refractivity contribution < 1.29 is 9.53 Å². The number of hydrogen-bond donors (Lipinski definition) is 1. The van der Waals surface area contributed by atoms with Gasteiger partial charge in [0.25, 0.3) is 5.91 Å². The highest BCUT2D eigenvalue weighted by Crippen LogP contribution is 2.19. The molecule has 1 amide bonds. The first-order chi connectivity index (χ1) is 10.6. The van der Waals surface area contributed by atoms with Crippen LogP contribution in [0.4, 0.5) is 0 Å². The van der Waals surface area contributed by atoms with Crippen molar-refractivity contribution >= 4 is 17.5 Å². The Morgan fingerprint density at radius 3 is 2.55 bits per heavy atom. The molecule has 0 aliphatic heterocycles. The number of aryl methyl sites for hydroxylation is 1. The zero-order chi connectivity index (χ0) is 15.9. The van der Waals surface area contributed by atoms with E-state index in [1.807, 2.05) is 55.5 Å². The lowest BCUT2D eigenvalue weighted by atomic mass is 10.1. The largest absolute Gasteiger partial charge is 0.483 e. The lowest BCUT2D eigenvalue weighted by molar-refractivity contribution is -0.123. The number of carbonyl (C=O) groups excluding carboxylic acids is 1. The second-order valence-corrected chi connectivity index (χ2v) is 5.53. The standard InChI is InChI=1S/C18H20ClNO2/c1-3-14-6-4-5-7-17(14)22-12-18(21)20-13(2)15-8-10-16(19)11-9-15/h4-11,13H,3,12H2,1-2H3,(H,20,21). The number of halogens is 1. The Bertz CT molecular complexity index is 625. The number of para-hydroxylation sites is 1. The lowest BCUT2D eigenvalue weighted by Crippen LogP contribution is -2.31. The van der Waals surface area contributed by atoms with Gasteiger partial charge in [0.15, 0.2) is 6.61 Å². The molecule has 116 valence electrons. The molecule has 0 saturated heterocycles. The first-order valence-electron chi connectivity index (χ1n) is 7.35. The summed E-state index contributed by atoms with van der Waals surface area (Å²) in [5.74, 6) is 0.618. The molecule has 0 aromatic heterocycles. The third-order valence-corrected chi connectivity index (χ3v) is 3.71. The molecule has 1 unspecified atom stereocenters. The van der Waals surface area contributed by atoms with Crippen LogP contribution >= 0.6 is 11.6 Å². The fourth-order valence-electron chi connectivity index (χ4n) is 2.20. The summed E-state index contributed by atoms with van der Waals surface area (Å²) in [5, 5.41) is 3.60. The predicted octanol–water partition coefficient (Wildman–Crippen LogP) is 4.16. The van der Waals surface area contributed by atoms with Crippen molar-refractivity contribution in [1.29, 1.82) is 0 Å². The summed E-state index contributed by atoms with van der Waals surface area (Å²) >= 11 is 5.86.